The average Bonchev–Trinajstić information content (AvgIpc) is 2.73. The number of piperazine rings is 1. The van der Waals surface area contributed by atoms with E-state index in [1.807, 2.05) is 24.3 Å². The van der Waals surface area contributed by atoms with Crippen LogP contribution < -0.4 is 19.7 Å². The lowest BCUT2D eigenvalue weighted by molar-refractivity contribution is -0.120. The first-order chi connectivity index (χ1) is 13.6. The van der Waals surface area contributed by atoms with Crippen molar-refractivity contribution in [1.82, 2.24) is 15.2 Å². The van der Waals surface area contributed by atoms with Gasteiger partial charge >= 0.3 is 0 Å². The number of anilines is 1. The largest absolute Gasteiger partial charge is 0.497 e. The molecule has 0 atom stereocenters. The maximum atomic E-state index is 12.5. The van der Waals surface area contributed by atoms with E-state index in [1.165, 1.54) is 0 Å². The molecule has 28 heavy (non-hydrogen) atoms. The molecule has 3 rings (SSSR count). The van der Waals surface area contributed by atoms with Crippen LogP contribution in [0.5, 0.6) is 11.5 Å². The Morgan fingerprint density at radius 3 is 2.61 bits per heavy atom. The summed E-state index contributed by atoms with van der Waals surface area (Å²) in [6.07, 6.45) is 2.05. The standard InChI is InChI=1S/C21H28N4O3/c1-24-9-11-25(12-10-24)21-17(5-4-8-22-21)15-23-20(26)13-16-6-7-18(27-2)14-19(16)28-3/h4-8,14H,9-13,15H2,1-3H3,(H,23,26). The van der Waals surface area contributed by atoms with Gasteiger partial charge in [-0.25, -0.2) is 4.98 Å². The quantitative estimate of drug-likeness (QED) is 0.784. The third-order valence-electron chi connectivity index (χ3n) is 4.99. The van der Waals surface area contributed by atoms with E-state index in [-0.39, 0.29) is 12.3 Å². The molecule has 150 valence electrons. The Balaban J connectivity index is 1.62. The molecule has 1 aromatic heterocycles. The zero-order valence-corrected chi connectivity index (χ0v) is 16.8. The first-order valence-corrected chi connectivity index (χ1v) is 9.45. The van der Waals surface area contributed by atoms with Crippen LogP contribution in [-0.2, 0) is 17.8 Å². The van der Waals surface area contributed by atoms with Gasteiger partial charge < -0.3 is 24.6 Å². The van der Waals surface area contributed by atoms with Crippen molar-refractivity contribution in [3.63, 3.8) is 0 Å². The van der Waals surface area contributed by atoms with Crippen molar-refractivity contribution in [2.75, 3.05) is 52.3 Å². The summed E-state index contributed by atoms with van der Waals surface area (Å²) in [7, 11) is 5.32. The van der Waals surface area contributed by atoms with Crippen LogP contribution in [0.3, 0.4) is 0 Å². The lowest BCUT2D eigenvalue weighted by Crippen LogP contribution is -2.45. The summed E-state index contributed by atoms with van der Waals surface area (Å²) in [6, 6.07) is 9.41. The molecule has 0 radical (unpaired) electrons. The third kappa shape index (κ3) is 4.92. The first kappa shape index (κ1) is 19.9. The molecular formula is C21H28N4O3. The van der Waals surface area contributed by atoms with Crippen LogP contribution in [0.1, 0.15) is 11.1 Å². The summed E-state index contributed by atoms with van der Waals surface area (Å²) in [4.78, 5) is 21.7. The van der Waals surface area contributed by atoms with Crippen LogP contribution >= 0.6 is 0 Å². The number of nitrogens with one attached hydrogen (secondary N) is 1. The second-order valence-corrected chi connectivity index (χ2v) is 6.91. The number of carbonyl (C=O) groups excluding carboxylic acids is 1. The number of aromatic nitrogens is 1. The van der Waals surface area contributed by atoms with Gasteiger partial charge in [0.1, 0.15) is 17.3 Å². The summed E-state index contributed by atoms with van der Waals surface area (Å²) in [6.45, 7) is 4.36. The molecule has 0 saturated carbocycles. The van der Waals surface area contributed by atoms with Gasteiger partial charge in [0, 0.05) is 56.1 Å². The van der Waals surface area contributed by atoms with Crippen molar-refractivity contribution >= 4 is 11.7 Å². The number of hydrogen-bond acceptors (Lipinski definition) is 6. The summed E-state index contributed by atoms with van der Waals surface area (Å²) < 4.78 is 10.6. The van der Waals surface area contributed by atoms with Crippen LogP contribution in [0.25, 0.3) is 0 Å². The second-order valence-electron chi connectivity index (χ2n) is 6.91. The molecular weight excluding hydrogens is 356 g/mol. The molecule has 1 aromatic carbocycles. The number of benzene rings is 1. The molecule has 0 aliphatic carbocycles. The van der Waals surface area contributed by atoms with Gasteiger partial charge in [-0.1, -0.05) is 12.1 Å². The van der Waals surface area contributed by atoms with Crippen LogP contribution in [0.2, 0.25) is 0 Å². The number of pyridine rings is 1. The number of ether oxygens (including phenoxy) is 2. The lowest BCUT2D eigenvalue weighted by Gasteiger charge is -2.34. The van der Waals surface area contributed by atoms with Crippen LogP contribution in [0, 0.1) is 0 Å². The van der Waals surface area contributed by atoms with Crippen molar-refractivity contribution in [2.24, 2.45) is 0 Å². The Morgan fingerprint density at radius 1 is 1.11 bits per heavy atom. The second kappa shape index (κ2) is 9.41. The van der Waals surface area contributed by atoms with Crippen LogP contribution in [-0.4, -0.2) is 63.2 Å². The van der Waals surface area contributed by atoms with Gasteiger partial charge in [-0.2, -0.15) is 0 Å². The highest BCUT2D eigenvalue weighted by Crippen LogP contribution is 2.25. The molecule has 0 bridgehead atoms. The molecule has 1 amide bonds. The SMILES string of the molecule is COc1ccc(CC(=O)NCc2cccnc2N2CCN(C)CC2)c(OC)c1. The van der Waals surface area contributed by atoms with Gasteiger partial charge in [-0.15, -0.1) is 0 Å². The van der Waals surface area contributed by atoms with E-state index in [1.54, 1.807) is 26.5 Å². The maximum absolute atomic E-state index is 12.5. The van der Waals surface area contributed by atoms with E-state index >= 15 is 0 Å². The van der Waals surface area contributed by atoms with E-state index < -0.39 is 0 Å². The minimum Gasteiger partial charge on any atom is -0.497 e. The Kier molecular flexibility index (Phi) is 6.71. The summed E-state index contributed by atoms with van der Waals surface area (Å²) in [5.41, 5.74) is 1.85. The van der Waals surface area contributed by atoms with E-state index in [4.69, 9.17) is 9.47 Å². The molecule has 1 aliphatic rings. The van der Waals surface area contributed by atoms with Crippen LogP contribution in [0.4, 0.5) is 5.82 Å². The van der Waals surface area contributed by atoms with E-state index in [0.717, 1.165) is 43.1 Å². The van der Waals surface area contributed by atoms with Gasteiger partial charge in [0.25, 0.3) is 0 Å². The lowest BCUT2D eigenvalue weighted by atomic mass is 10.1. The number of rotatable bonds is 7. The Labute approximate surface area is 166 Å². The molecule has 2 aromatic rings. The highest BCUT2D eigenvalue weighted by molar-refractivity contribution is 5.79. The smallest absolute Gasteiger partial charge is 0.224 e. The highest BCUT2D eigenvalue weighted by Gasteiger charge is 2.18. The summed E-state index contributed by atoms with van der Waals surface area (Å²) in [5.74, 6) is 2.25. The molecule has 0 spiro atoms. The first-order valence-electron chi connectivity index (χ1n) is 9.45. The average molecular weight is 384 g/mol. The van der Waals surface area contributed by atoms with Gasteiger partial charge in [0.2, 0.25) is 5.91 Å². The van der Waals surface area contributed by atoms with Crippen molar-refractivity contribution in [3.05, 3.63) is 47.7 Å². The Bertz CT molecular complexity index is 804. The molecule has 1 N–H and O–H groups in total. The predicted molar refractivity (Wildman–Crippen MR) is 109 cm³/mol. The normalized spacial score (nSPS) is 14.6. The molecule has 1 saturated heterocycles. The predicted octanol–water partition coefficient (Wildman–Crippen LogP) is 1.71. The fraction of sp³-hybridized carbons (Fsp3) is 0.429. The monoisotopic (exact) mass is 384 g/mol. The third-order valence-corrected chi connectivity index (χ3v) is 4.99. The fourth-order valence-corrected chi connectivity index (χ4v) is 3.30. The topological polar surface area (TPSA) is 66.9 Å². The highest BCUT2D eigenvalue weighted by atomic mass is 16.5. The zero-order chi connectivity index (χ0) is 19.9. The minimum absolute atomic E-state index is 0.0587. The van der Waals surface area contributed by atoms with Crippen molar-refractivity contribution < 1.29 is 14.3 Å². The van der Waals surface area contributed by atoms with Gasteiger partial charge in [0.05, 0.1) is 20.6 Å². The van der Waals surface area contributed by atoms with E-state index in [9.17, 15) is 4.79 Å². The van der Waals surface area contributed by atoms with E-state index in [0.29, 0.717) is 18.0 Å². The number of likely N-dealkylation sites (N-methyl/N-ethyl adjacent to an activating group) is 1. The summed E-state index contributed by atoms with van der Waals surface area (Å²) >= 11 is 0. The zero-order valence-electron chi connectivity index (χ0n) is 16.8. The molecule has 1 aliphatic heterocycles. The number of hydrogen-bond donors (Lipinski definition) is 1. The number of nitrogens with zero attached hydrogens (tertiary/aromatic N) is 3. The number of amides is 1. The Hall–Kier alpha value is -2.80. The van der Waals surface area contributed by atoms with Crippen molar-refractivity contribution in [3.8, 4) is 11.5 Å². The van der Waals surface area contributed by atoms with Crippen molar-refractivity contribution in [1.29, 1.82) is 0 Å². The van der Waals surface area contributed by atoms with E-state index in [2.05, 4.69) is 27.1 Å². The van der Waals surface area contributed by atoms with Crippen LogP contribution in [0.15, 0.2) is 36.5 Å². The van der Waals surface area contributed by atoms with Gasteiger partial charge in [-0.3, -0.25) is 4.79 Å². The Morgan fingerprint density at radius 2 is 1.89 bits per heavy atom. The maximum Gasteiger partial charge on any atom is 0.224 e. The minimum atomic E-state index is -0.0587. The molecule has 7 nitrogen and oxygen atoms in total. The van der Waals surface area contributed by atoms with Crippen molar-refractivity contribution in [2.45, 2.75) is 13.0 Å². The van der Waals surface area contributed by atoms with Gasteiger partial charge in [0.15, 0.2) is 0 Å². The number of methoxy groups -OCH3 is 2. The van der Waals surface area contributed by atoms with Gasteiger partial charge in [-0.05, 0) is 19.2 Å². The molecule has 2 heterocycles. The summed E-state index contributed by atoms with van der Waals surface area (Å²) in [5, 5.41) is 3.01. The fourth-order valence-electron chi connectivity index (χ4n) is 3.30. The number of carbonyl (C=O) groups is 1. The molecule has 1 fully saturated rings. The molecule has 7 heteroatoms. The molecule has 0 unspecified atom stereocenters.